The molecule has 0 unspecified atom stereocenters. The fourth-order valence-electron chi connectivity index (χ4n) is 2.77. The Hall–Kier alpha value is -2.74. The van der Waals surface area contributed by atoms with Crippen molar-refractivity contribution in [1.82, 2.24) is 9.97 Å². The Morgan fingerprint density at radius 2 is 1.67 bits per heavy atom. The molecule has 0 saturated carbocycles. The normalized spacial score (nSPS) is 11.1. The largest absolute Gasteiger partial charge is 0.256 e. The van der Waals surface area contributed by atoms with Crippen molar-refractivity contribution in [2.45, 2.75) is 6.92 Å². The highest BCUT2D eigenvalue weighted by atomic mass is 14.7. The summed E-state index contributed by atoms with van der Waals surface area (Å²) >= 11 is 0. The van der Waals surface area contributed by atoms with Gasteiger partial charge in [0.2, 0.25) is 0 Å². The van der Waals surface area contributed by atoms with Gasteiger partial charge in [-0.05, 0) is 36.8 Å². The van der Waals surface area contributed by atoms with Crippen molar-refractivity contribution in [1.29, 1.82) is 0 Å². The van der Waals surface area contributed by atoms with Crippen LogP contribution in [0.15, 0.2) is 66.9 Å². The average Bonchev–Trinajstić information content (AvgIpc) is 2.55. The molecule has 2 aromatic carbocycles. The highest BCUT2D eigenvalue weighted by Crippen LogP contribution is 2.28. The summed E-state index contributed by atoms with van der Waals surface area (Å²) < 4.78 is 0. The first-order valence-corrected chi connectivity index (χ1v) is 7.03. The Morgan fingerprint density at radius 1 is 0.810 bits per heavy atom. The van der Waals surface area contributed by atoms with Crippen molar-refractivity contribution in [3.63, 3.8) is 0 Å². The van der Waals surface area contributed by atoms with Gasteiger partial charge >= 0.3 is 0 Å². The van der Waals surface area contributed by atoms with Crippen molar-refractivity contribution in [2.24, 2.45) is 0 Å². The van der Waals surface area contributed by atoms with Crippen molar-refractivity contribution in [3.8, 4) is 11.3 Å². The number of hydrogen-bond donors (Lipinski definition) is 0. The second kappa shape index (κ2) is 4.67. The molecular formula is C19H14N2. The molecule has 2 nitrogen and oxygen atoms in total. The van der Waals surface area contributed by atoms with E-state index in [0.717, 1.165) is 27.7 Å². The summed E-state index contributed by atoms with van der Waals surface area (Å²) in [6, 6.07) is 20.7. The van der Waals surface area contributed by atoms with E-state index in [1.807, 2.05) is 30.5 Å². The van der Waals surface area contributed by atoms with Gasteiger partial charge in [0.05, 0.1) is 16.7 Å². The lowest BCUT2D eigenvalue weighted by Gasteiger charge is -2.08. The van der Waals surface area contributed by atoms with Gasteiger partial charge in [-0.15, -0.1) is 0 Å². The predicted octanol–water partition coefficient (Wildman–Crippen LogP) is 4.76. The van der Waals surface area contributed by atoms with Crippen LogP contribution in [0.3, 0.4) is 0 Å². The molecular weight excluding hydrogens is 256 g/mol. The van der Waals surface area contributed by atoms with Gasteiger partial charge in [0.25, 0.3) is 0 Å². The summed E-state index contributed by atoms with van der Waals surface area (Å²) in [5, 5.41) is 2.30. The van der Waals surface area contributed by atoms with E-state index in [-0.39, 0.29) is 0 Å². The molecule has 0 radical (unpaired) electrons. The van der Waals surface area contributed by atoms with Gasteiger partial charge in [-0.3, -0.25) is 4.98 Å². The molecule has 0 aliphatic heterocycles. The smallest absolute Gasteiger partial charge is 0.0806 e. The van der Waals surface area contributed by atoms with E-state index in [1.54, 1.807) is 0 Å². The standard InChI is InChI=1S/C19H14N2/c1-13-12-18-16(8-5-11-20-18)19-15(13)9-10-17(21-19)14-6-3-2-4-7-14/h2-12H,1H3. The van der Waals surface area contributed by atoms with Gasteiger partial charge in [-0.2, -0.15) is 0 Å². The second-order valence-corrected chi connectivity index (χ2v) is 5.22. The van der Waals surface area contributed by atoms with E-state index in [9.17, 15) is 0 Å². The number of pyridine rings is 2. The van der Waals surface area contributed by atoms with Crippen LogP contribution in [0.5, 0.6) is 0 Å². The number of hydrogen-bond acceptors (Lipinski definition) is 2. The molecule has 21 heavy (non-hydrogen) atoms. The average molecular weight is 270 g/mol. The van der Waals surface area contributed by atoms with Crippen LogP contribution in [-0.2, 0) is 0 Å². The Balaban J connectivity index is 2.08. The van der Waals surface area contributed by atoms with Crippen LogP contribution in [0.25, 0.3) is 33.1 Å². The van der Waals surface area contributed by atoms with Crippen molar-refractivity contribution in [2.75, 3.05) is 0 Å². The molecule has 0 N–H and O–H groups in total. The summed E-state index contributed by atoms with van der Waals surface area (Å²) in [5.74, 6) is 0. The van der Waals surface area contributed by atoms with Gasteiger partial charge < -0.3 is 0 Å². The maximum Gasteiger partial charge on any atom is 0.0806 e. The Bertz CT molecular complexity index is 943. The number of aryl methyl sites for hydroxylation is 1. The Kier molecular flexibility index (Phi) is 2.68. The lowest BCUT2D eigenvalue weighted by Crippen LogP contribution is -1.90. The van der Waals surface area contributed by atoms with E-state index < -0.39 is 0 Å². The summed E-state index contributed by atoms with van der Waals surface area (Å²) in [4.78, 5) is 9.35. The summed E-state index contributed by atoms with van der Waals surface area (Å²) in [6.45, 7) is 2.11. The molecule has 0 bridgehead atoms. The van der Waals surface area contributed by atoms with Crippen LogP contribution in [-0.4, -0.2) is 9.97 Å². The first-order chi connectivity index (χ1) is 10.3. The first-order valence-electron chi connectivity index (χ1n) is 7.03. The minimum absolute atomic E-state index is 0.999. The number of aromatic nitrogens is 2. The highest BCUT2D eigenvalue weighted by molar-refractivity contribution is 6.05. The van der Waals surface area contributed by atoms with Gasteiger partial charge in [-0.25, -0.2) is 4.98 Å². The molecule has 2 heterocycles. The molecule has 4 rings (SSSR count). The zero-order valence-corrected chi connectivity index (χ0v) is 11.7. The highest BCUT2D eigenvalue weighted by Gasteiger charge is 2.07. The van der Waals surface area contributed by atoms with E-state index in [2.05, 4.69) is 48.3 Å². The van der Waals surface area contributed by atoms with Crippen molar-refractivity contribution in [3.05, 3.63) is 72.4 Å². The number of rotatable bonds is 1. The van der Waals surface area contributed by atoms with E-state index in [0.29, 0.717) is 0 Å². The first kappa shape index (κ1) is 12.0. The Morgan fingerprint density at radius 3 is 2.52 bits per heavy atom. The lowest BCUT2D eigenvalue weighted by molar-refractivity contribution is 1.37. The molecule has 0 spiro atoms. The van der Waals surface area contributed by atoms with Gasteiger partial charge in [0, 0.05) is 22.5 Å². The molecule has 100 valence electrons. The molecule has 2 aromatic heterocycles. The minimum atomic E-state index is 0.999. The van der Waals surface area contributed by atoms with Crippen LogP contribution >= 0.6 is 0 Å². The van der Waals surface area contributed by atoms with Crippen LogP contribution in [0.4, 0.5) is 0 Å². The van der Waals surface area contributed by atoms with Gasteiger partial charge in [0.15, 0.2) is 0 Å². The number of benzene rings is 2. The fraction of sp³-hybridized carbons (Fsp3) is 0.0526. The maximum absolute atomic E-state index is 4.89. The van der Waals surface area contributed by atoms with Crippen molar-refractivity contribution >= 4 is 21.8 Å². The third-order valence-electron chi connectivity index (χ3n) is 3.84. The zero-order valence-electron chi connectivity index (χ0n) is 11.7. The molecule has 0 aliphatic rings. The maximum atomic E-state index is 4.89. The van der Waals surface area contributed by atoms with Crippen LogP contribution in [0.1, 0.15) is 5.56 Å². The molecule has 2 heteroatoms. The zero-order chi connectivity index (χ0) is 14.2. The monoisotopic (exact) mass is 270 g/mol. The lowest BCUT2D eigenvalue weighted by atomic mass is 10.0. The third-order valence-corrected chi connectivity index (χ3v) is 3.84. The SMILES string of the molecule is Cc1cc2ncccc2c2nc(-c3ccccc3)ccc12. The van der Waals surface area contributed by atoms with E-state index in [1.165, 1.54) is 10.9 Å². The van der Waals surface area contributed by atoms with Gasteiger partial charge in [0.1, 0.15) is 0 Å². The van der Waals surface area contributed by atoms with Crippen LogP contribution in [0.2, 0.25) is 0 Å². The molecule has 0 fully saturated rings. The fourth-order valence-corrected chi connectivity index (χ4v) is 2.77. The van der Waals surface area contributed by atoms with Crippen LogP contribution < -0.4 is 0 Å². The predicted molar refractivity (Wildman–Crippen MR) is 87.2 cm³/mol. The molecule has 0 aliphatic carbocycles. The molecule has 0 amide bonds. The number of nitrogens with zero attached hydrogens (tertiary/aromatic N) is 2. The van der Waals surface area contributed by atoms with E-state index >= 15 is 0 Å². The number of fused-ring (bicyclic) bond motifs is 3. The summed E-state index contributed by atoms with van der Waals surface area (Å²) in [5.41, 5.74) is 5.37. The molecule has 4 aromatic rings. The molecule has 0 atom stereocenters. The minimum Gasteiger partial charge on any atom is -0.256 e. The quantitative estimate of drug-likeness (QED) is 0.466. The topological polar surface area (TPSA) is 25.8 Å². The van der Waals surface area contributed by atoms with E-state index in [4.69, 9.17) is 4.98 Å². The third kappa shape index (κ3) is 1.96. The summed E-state index contributed by atoms with van der Waals surface area (Å²) in [7, 11) is 0. The van der Waals surface area contributed by atoms with Crippen molar-refractivity contribution < 1.29 is 0 Å². The molecule has 0 saturated heterocycles. The summed E-state index contributed by atoms with van der Waals surface area (Å²) in [6.07, 6.45) is 1.83. The second-order valence-electron chi connectivity index (χ2n) is 5.22. The van der Waals surface area contributed by atoms with Crippen LogP contribution in [0, 0.1) is 6.92 Å². The van der Waals surface area contributed by atoms with Gasteiger partial charge in [-0.1, -0.05) is 36.4 Å². The Labute approximate surface area is 123 Å².